The molecular formula is C12H27NO3. The van der Waals surface area contributed by atoms with E-state index in [4.69, 9.17) is 9.47 Å². The van der Waals surface area contributed by atoms with Gasteiger partial charge in [0.2, 0.25) is 0 Å². The first kappa shape index (κ1) is 15.8. The van der Waals surface area contributed by atoms with E-state index >= 15 is 0 Å². The molecule has 0 saturated carbocycles. The lowest BCUT2D eigenvalue weighted by molar-refractivity contribution is 0.0688. The van der Waals surface area contributed by atoms with Gasteiger partial charge in [-0.05, 0) is 11.8 Å². The lowest BCUT2D eigenvalue weighted by Gasteiger charge is -2.22. The van der Waals surface area contributed by atoms with E-state index in [1.165, 1.54) is 0 Å². The van der Waals surface area contributed by atoms with Crippen LogP contribution in [-0.4, -0.2) is 51.2 Å². The van der Waals surface area contributed by atoms with Gasteiger partial charge in [-0.1, -0.05) is 20.8 Å². The first-order valence-electron chi connectivity index (χ1n) is 5.91. The molecule has 0 saturated heterocycles. The van der Waals surface area contributed by atoms with Gasteiger partial charge in [0, 0.05) is 20.2 Å². The van der Waals surface area contributed by atoms with Crippen LogP contribution in [0.3, 0.4) is 0 Å². The molecule has 1 unspecified atom stereocenters. The van der Waals surface area contributed by atoms with Gasteiger partial charge in [0.05, 0.1) is 25.9 Å². The molecular weight excluding hydrogens is 206 g/mol. The molecule has 4 nitrogen and oxygen atoms in total. The molecule has 0 aromatic heterocycles. The zero-order valence-electron chi connectivity index (χ0n) is 11.1. The highest BCUT2D eigenvalue weighted by molar-refractivity contribution is 4.69. The normalized spacial score (nSPS) is 14.1. The molecule has 1 atom stereocenters. The number of methoxy groups -OCH3 is 1. The molecule has 0 heterocycles. The molecule has 0 fully saturated rings. The molecule has 0 aliphatic carbocycles. The second-order valence-electron chi connectivity index (χ2n) is 5.23. The highest BCUT2D eigenvalue weighted by Crippen LogP contribution is 2.20. The van der Waals surface area contributed by atoms with E-state index in [0.717, 1.165) is 13.0 Å². The van der Waals surface area contributed by atoms with E-state index < -0.39 is 0 Å². The molecule has 0 aromatic carbocycles. The van der Waals surface area contributed by atoms with Crippen LogP contribution in [0.25, 0.3) is 0 Å². The van der Waals surface area contributed by atoms with Crippen LogP contribution in [0.4, 0.5) is 0 Å². The summed E-state index contributed by atoms with van der Waals surface area (Å²) in [6.45, 7) is 9.70. The Labute approximate surface area is 99.3 Å². The van der Waals surface area contributed by atoms with Gasteiger partial charge >= 0.3 is 0 Å². The average Bonchev–Trinajstić information content (AvgIpc) is 2.13. The van der Waals surface area contributed by atoms with Crippen molar-refractivity contribution >= 4 is 0 Å². The van der Waals surface area contributed by atoms with Crippen molar-refractivity contribution in [2.75, 3.05) is 40.0 Å². The maximum atomic E-state index is 9.70. The Hall–Kier alpha value is -0.160. The van der Waals surface area contributed by atoms with Crippen LogP contribution in [0.5, 0.6) is 0 Å². The van der Waals surface area contributed by atoms with Crippen LogP contribution in [0.15, 0.2) is 0 Å². The lowest BCUT2D eigenvalue weighted by Crippen LogP contribution is -2.32. The summed E-state index contributed by atoms with van der Waals surface area (Å²) in [7, 11) is 1.66. The second kappa shape index (κ2) is 8.93. The predicted octanol–water partition coefficient (Wildman–Crippen LogP) is 1.04. The fourth-order valence-electron chi connectivity index (χ4n) is 1.44. The third kappa shape index (κ3) is 11.9. The average molecular weight is 233 g/mol. The highest BCUT2D eigenvalue weighted by Gasteiger charge is 2.15. The minimum Gasteiger partial charge on any atom is -0.392 e. The summed E-state index contributed by atoms with van der Waals surface area (Å²) in [5, 5.41) is 12.9. The maximum absolute atomic E-state index is 9.70. The van der Waals surface area contributed by atoms with Gasteiger partial charge in [-0.25, -0.2) is 0 Å². The smallest absolute Gasteiger partial charge is 0.0700 e. The fourth-order valence-corrected chi connectivity index (χ4v) is 1.44. The zero-order chi connectivity index (χ0) is 12.4. The van der Waals surface area contributed by atoms with Gasteiger partial charge in [0.15, 0.2) is 0 Å². The van der Waals surface area contributed by atoms with E-state index in [9.17, 15) is 5.11 Å². The molecule has 4 heteroatoms. The van der Waals surface area contributed by atoms with Crippen LogP contribution in [0.1, 0.15) is 27.2 Å². The van der Waals surface area contributed by atoms with Gasteiger partial charge in [-0.2, -0.15) is 0 Å². The van der Waals surface area contributed by atoms with Gasteiger partial charge in [-0.3, -0.25) is 0 Å². The predicted molar refractivity (Wildman–Crippen MR) is 65.6 cm³/mol. The van der Waals surface area contributed by atoms with Crippen molar-refractivity contribution in [1.82, 2.24) is 5.32 Å². The molecule has 0 aliphatic heterocycles. The number of rotatable bonds is 9. The summed E-state index contributed by atoms with van der Waals surface area (Å²) in [4.78, 5) is 0. The van der Waals surface area contributed by atoms with Crippen LogP contribution in [-0.2, 0) is 9.47 Å². The standard InChI is InChI=1S/C12H27NO3/c1-12(2,3)9-11(14)10-13-5-6-16-8-7-15-4/h11,13-14H,5-10H2,1-4H3. The summed E-state index contributed by atoms with van der Waals surface area (Å²) in [5.74, 6) is 0. The Morgan fingerprint density at radius 3 is 2.44 bits per heavy atom. The molecule has 0 spiro atoms. The minimum atomic E-state index is -0.279. The number of hydrogen-bond acceptors (Lipinski definition) is 4. The van der Waals surface area contributed by atoms with Crippen molar-refractivity contribution in [3.05, 3.63) is 0 Å². The van der Waals surface area contributed by atoms with Crippen molar-refractivity contribution in [3.8, 4) is 0 Å². The molecule has 0 amide bonds. The largest absolute Gasteiger partial charge is 0.392 e. The van der Waals surface area contributed by atoms with Crippen LogP contribution < -0.4 is 5.32 Å². The Balaban J connectivity index is 3.25. The van der Waals surface area contributed by atoms with E-state index in [1.54, 1.807) is 7.11 Å². The van der Waals surface area contributed by atoms with Crippen molar-refractivity contribution in [2.45, 2.75) is 33.3 Å². The van der Waals surface area contributed by atoms with E-state index in [0.29, 0.717) is 26.4 Å². The second-order valence-corrected chi connectivity index (χ2v) is 5.23. The Bertz CT molecular complexity index is 157. The number of nitrogens with one attached hydrogen (secondary N) is 1. The van der Waals surface area contributed by atoms with Gasteiger partial charge in [-0.15, -0.1) is 0 Å². The number of aliphatic hydroxyl groups excluding tert-OH is 1. The molecule has 0 radical (unpaired) electrons. The molecule has 0 rings (SSSR count). The summed E-state index contributed by atoms with van der Waals surface area (Å²) in [6, 6.07) is 0. The zero-order valence-corrected chi connectivity index (χ0v) is 11.1. The van der Waals surface area contributed by atoms with Crippen molar-refractivity contribution in [3.63, 3.8) is 0 Å². The van der Waals surface area contributed by atoms with Crippen LogP contribution in [0, 0.1) is 5.41 Å². The molecule has 98 valence electrons. The first-order valence-corrected chi connectivity index (χ1v) is 5.91. The first-order chi connectivity index (χ1) is 7.45. The Morgan fingerprint density at radius 2 is 1.88 bits per heavy atom. The lowest BCUT2D eigenvalue weighted by atomic mass is 9.89. The fraction of sp³-hybridized carbons (Fsp3) is 1.00. The maximum Gasteiger partial charge on any atom is 0.0700 e. The summed E-state index contributed by atoms with van der Waals surface area (Å²) >= 11 is 0. The van der Waals surface area contributed by atoms with Crippen molar-refractivity contribution < 1.29 is 14.6 Å². The highest BCUT2D eigenvalue weighted by atomic mass is 16.5. The van der Waals surface area contributed by atoms with Crippen molar-refractivity contribution in [1.29, 1.82) is 0 Å². The molecule has 2 N–H and O–H groups in total. The third-order valence-electron chi connectivity index (χ3n) is 2.08. The van der Waals surface area contributed by atoms with Crippen molar-refractivity contribution in [2.24, 2.45) is 5.41 Å². The number of aliphatic hydroxyl groups is 1. The topological polar surface area (TPSA) is 50.7 Å². The number of ether oxygens (including phenoxy) is 2. The van der Waals surface area contributed by atoms with Crippen LogP contribution >= 0.6 is 0 Å². The summed E-state index contributed by atoms with van der Waals surface area (Å²) in [5.41, 5.74) is 0.177. The quantitative estimate of drug-likeness (QED) is 0.584. The summed E-state index contributed by atoms with van der Waals surface area (Å²) < 4.78 is 10.1. The molecule has 16 heavy (non-hydrogen) atoms. The Morgan fingerprint density at radius 1 is 1.19 bits per heavy atom. The number of hydrogen-bond donors (Lipinski definition) is 2. The Kier molecular flexibility index (Phi) is 8.84. The van der Waals surface area contributed by atoms with Crippen LogP contribution in [0.2, 0.25) is 0 Å². The van der Waals surface area contributed by atoms with E-state index in [-0.39, 0.29) is 11.5 Å². The van der Waals surface area contributed by atoms with Gasteiger partial charge in [0.25, 0.3) is 0 Å². The third-order valence-corrected chi connectivity index (χ3v) is 2.08. The van der Waals surface area contributed by atoms with E-state index in [1.807, 2.05) is 0 Å². The van der Waals surface area contributed by atoms with Gasteiger partial charge < -0.3 is 19.9 Å². The van der Waals surface area contributed by atoms with Gasteiger partial charge in [0.1, 0.15) is 0 Å². The molecule has 0 aliphatic rings. The van der Waals surface area contributed by atoms with E-state index in [2.05, 4.69) is 26.1 Å². The monoisotopic (exact) mass is 233 g/mol. The SMILES string of the molecule is COCCOCCNCC(O)CC(C)(C)C. The summed E-state index contributed by atoms with van der Waals surface area (Å²) in [6.07, 6.45) is 0.531. The minimum absolute atomic E-state index is 0.177. The molecule has 0 aromatic rings. The molecule has 0 bridgehead atoms.